The zero-order chi connectivity index (χ0) is 14.5. The average molecular weight is 282 g/mol. The molecule has 0 saturated heterocycles. The van der Waals surface area contributed by atoms with E-state index in [9.17, 15) is 18.7 Å². The first-order valence-corrected chi connectivity index (χ1v) is 6.39. The molecule has 20 heavy (non-hydrogen) atoms. The van der Waals surface area contributed by atoms with Crippen LogP contribution in [0, 0.1) is 11.6 Å². The minimum absolute atomic E-state index is 0.0392. The van der Waals surface area contributed by atoms with Gasteiger partial charge in [-0.25, -0.2) is 13.6 Å². The second kappa shape index (κ2) is 6.47. The molecule has 3 N–H and O–H groups in total. The first-order valence-electron chi connectivity index (χ1n) is 6.39. The summed E-state index contributed by atoms with van der Waals surface area (Å²) in [4.78, 5) is 11.6. The van der Waals surface area contributed by atoms with Crippen molar-refractivity contribution in [2.24, 2.45) is 0 Å². The van der Waals surface area contributed by atoms with E-state index < -0.39 is 29.3 Å². The van der Waals surface area contributed by atoms with E-state index in [-0.39, 0.29) is 12.6 Å². The lowest BCUT2D eigenvalue weighted by Gasteiger charge is -2.16. The van der Waals surface area contributed by atoms with Crippen molar-refractivity contribution in [3.05, 3.63) is 47.5 Å². The second-order valence-corrected chi connectivity index (χ2v) is 4.65. The molecule has 108 valence electrons. The highest BCUT2D eigenvalue weighted by Crippen LogP contribution is 2.19. The first kappa shape index (κ1) is 14.5. The smallest absolute Gasteiger partial charge is 0.315 e. The summed E-state index contributed by atoms with van der Waals surface area (Å²) in [6, 6.07) is 2.91. The summed E-state index contributed by atoms with van der Waals surface area (Å²) in [5.74, 6) is -1.67. The molecule has 1 aliphatic rings. The number of hydrogen-bond donors (Lipinski definition) is 3. The number of carbonyl (C=O) groups excluding carboxylic acids is 1. The van der Waals surface area contributed by atoms with E-state index in [0.29, 0.717) is 0 Å². The summed E-state index contributed by atoms with van der Waals surface area (Å²) in [6.07, 6.45) is 4.03. The molecular weight excluding hydrogens is 266 g/mol. The fourth-order valence-electron chi connectivity index (χ4n) is 2.09. The Labute approximate surface area is 115 Å². The minimum Gasteiger partial charge on any atom is -0.386 e. The molecule has 1 aliphatic carbocycles. The predicted octanol–water partition coefficient (Wildman–Crippen LogP) is 2.02. The molecule has 0 heterocycles. The molecule has 1 aromatic carbocycles. The molecular formula is C14H16F2N2O2. The molecule has 0 radical (unpaired) electrons. The number of nitrogens with one attached hydrogen (secondary N) is 2. The standard InChI is InChI=1S/C14H16F2N2O2/c15-10-6-3-7-11(16)13(10)12(19)8-17-14(20)18-9-4-1-2-5-9/h1-3,6-7,9,12,19H,4-5,8H2,(H2,17,18,20). The molecule has 2 amide bonds. The van der Waals surface area contributed by atoms with E-state index in [0.717, 1.165) is 25.0 Å². The number of aliphatic hydroxyl groups is 1. The van der Waals surface area contributed by atoms with Gasteiger partial charge in [-0.05, 0) is 25.0 Å². The van der Waals surface area contributed by atoms with Crippen LogP contribution in [0.3, 0.4) is 0 Å². The van der Waals surface area contributed by atoms with Gasteiger partial charge in [0.05, 0.1) is 5.56 Å². The van der Waals surface area contributed by atoms with Gasteiger partial charge in [0.1, 0.15) is 17.7 Å². The molecule has 1 unspecified atom stereocenters. The normalized spacial score (nSPS) is 16.1. The average Bonchev–Trinajstić information content (AvgIpc) is 2.89. The van der Waals surface area contributed by atoms with Crippen LogP contribution in [0.4, 0.5) is 13.6 Å². The molecule has 0 bridgehead atoms. The van der Waals surface area contributed by atoms with Gasteiger partial charge in [-0.3, -0.25) is 0 Å². The number of aliphatic hydroxyl groups excluding tert-OH is 1. The van der Waals surface area contributed by atoms with Crippen LogP contribution in [0.15, 0.2) is 30.4 Å². The highest BCUT2D eigenvalue weighted by molar-refractivity contribution is 5.74. The Balaban J connectivity index is 1.85. The Morgan fingerprint density at radius 3 is 2.50 bits per heavy atom. The van der Waals surface area contributed by atoms with Crippen molar-refractivity contribution >= 4 is 6.03 Å². The molecule has 0 spiro atoms. The van der Waals surface area contributed by atoms with E-state index in [1.165, 1.54) is 6.07 Å². The van der Waals surface area contributed by atoms with Gasteiger partial charge in [-0.15, -0.1) is 0 Å². The lowest BCUT2D eigenvalue weighted by atomic mass is 10.1. The number of benzene rings is 1. The Bertz CT molecular complexity index is 492. The molecule has 2 rings (SSSR count). The largest absolute Gasteiger partial charge is 0.386 e. The topological polar surface area (TPSA) is 61.4 Å². The van der Waals surface area contributed by atoms with E-state index in [1.54, 1.807) is 0 Å². The highest BCUT2D eigenvalue weighted by atomic mass is 19.1. The second-order valence-electron chi connectivity index (χ2n) is 4.65. The first-order chi connectivity index (χ1) is 9.58. The molecule has 1 aromatic rings. The van der Waals surface area contributed by atoms with Crippen LogP contribution in [0.2, 0.25) is 0 Å². The monoisotopic (exact) mass is 282 g/mol. The summed E-state index contributed by atoms with van der Waals surface area (Å²) in [6.45, 7) is -0.260. The van der Waals surface area contributed by atoms with Crippen LogP contribution < -0.4 is 10.6 Å². The summed E-state index contributed by atoms with van der Waals surface area (Å²) >= 11 is 0. The zero-order valence-electron chi connectivity index (χ0n) is 10.8. The Hall–Kier alpha value is -1.95. The van der Waals surface area contributed by atoms with Crippen molar-refractivity contribution < 1.29 is 18.7 Å². The van der Waals surface area contributed by atoms with Crippen LogP contribution in [-0.2, 0) is 0 Å². The van der Waals surface area contributed by atoms with Crippen LogP contribution in [0.25, 0.3) is 0 Å². The Morgan fingerprint density at radius 2 is 1.90 bits per heavy atom. The van der Waals surface area contributed by atoms with Gasteiger partial charge in [0, 0.05) is 12.6 Å². The maximum absolute atomic E-state index is 13.4. The van der Waals surface area contributed by atoms with Crippen LogP contribution in [0.5, 0.6) is 0 Å². The summed E-state index contributed by atoms with van der Waals surface area (Å²) in [7, 11) is 0. The van der Waals surface area contributed by atoms with Gasteiger partial charge in [-0.1, -0.05) is 18.2 Å². The quantitative estimate of drug-likeness (QED) is 0.740. The number of carbonyl (C=O) groups is 1. The third-order valence-corrected chi connectivity index (χ3v) is 3.13. The lowest BCUT2D eigenvalue weighted by molar-refractivity contribution is 0.163. The van der Waals surface area contributed by atoms with Crippen LogP contribution >= 0.6 is 0 Å². The van der Waals surface area contributed by atoms with Gasteiger partial charge in [0.2, 0.25) is 0 Å². The van der Waals surface area contributed by atoms with Crippen molar-refractivity contribution in [3.8, 4) is 0 Å². The summed E-state index contributed by atoms with van der Waals surface area (Å²) in [5.41, 5.74) is -0.435. The lowest BCUT2D eigenvalue weighted by Crippen LogP contribution is -2.42. The number of halogens is 2. The minimum atomic E-state index is -1.43. The highest BCUT2D eigenvalue weighted by Gasteiger charge is 2.19. The van der Waals surface area contributed by atoms with Gasteiger partial charge in [-0.2, -0.15) is 0 Å². The van der Waals surface area contributed by atoms with Gasteiger partial charge >= 0.3 is 6.03 Å². The zero-order valence-corrected chi connectivity index (χ0v) is 10.8. The van der Waals surface area contributed by atoms with Crippen molar-refractivity contribution in [3.63, 3.8) is 0 Å². The molecule has 6 heteroatoms. The number of rotatable bonds is 4. The van der Waals surface area contributed by atoms with E-state index in [1.807, 2.05) is 12.2 Å². The summed E-state index contributed by atoms with van der Waals surface area (Å²) in [5, 5.41) is 14.9. The van der Waals surface area contributed by atoms with Crippen molar-refractivity contribution in [1.82, 2.24) is 10.6 Å². The van der Waals surface area contributed by atoms with Crippen molar-refractivity contribution in [2.75, 3.05) is 6.54 Å². The molecule has 0 aliphatic heterocycles. The molecule has 4 nitrogen and oxygen atoms in total. The van der Waals surface area contributed by atoms with E-state index in [2.05, 4.69) is 10.6 Å². The maximum Gasteiger partial charge on any atom is 0.315 e. The van der Waals surface area contributed by atoms with Gasteiger partial charge in [0.15, 0.2) is 0 Å². The molecule has 1 atom stereocenters. The van der Waals surface area contributed by atoms with E-state index >= 15 is 0 Å². The summed E-state index contributed by atoms with van der Waals surface area (Å²) < 4.78 is 26.8. The van der Waals surface area contributed by atoms with Gasteiger partial charge < -0.3 is 15.7 Å². The third-order valence-electron chi connectivity index (χ3n) is 3.13. The maximum atomic E-state index is 13.4. The fraction of sp³-hybridized carbons (Fsp3) is 0.357. The Morgan fingerprint density at radius 1 is 1.30 bits per heavy atom. The third kappa shape index (κ3) is 3.54. The van der Waals surface area contributed by atoms with Crippen LogP contribution in [-0.4, -0.2) is 23.7 Å². The number of amides is 2. The molecule has 0 saturated carbocycles. The Kier molecular flexibility index (Phi) is 4.68. The van der Waals surface area contributed by atoms with Crippen molar-refractivity contribution in [1.29, 1.82) is 0 Å². The number of hydrogen-bond acceptors (Lipinski definition) is 2. The SMILES string of the molecule is O=C(NCC(O)c1c(F)cccc1F)NC1CC=CC1. The molecule has 0 fully saturated rings. The van der Waals surface area contributed by atoms with Crippen molar-refractivity contribution in [2.45, 2.75) is 25.0 Å². The number of urea groups is 1. The van der Waals surface area contributed by atoms with Crippen LogP contribution in [0.1, 0.15) is 24.5 Å². The molecule has 0 aromatic heterocycles. The van der Waals surface area contributed by atoms with Gasteiger partial charge in [0.25, 0.3) is 0 Å². The fourth-order valence-corrected chi connectivity index (χ4v) is 2.09. The predicted molar refractivity (Wildman–Crippen MR) is 70.0 cm³/mol. The van der Waals surface area contributed by atoms with E-state index in [4.69, 9.17) is 0 Å².